The summed E-state index contributed by atoms with van der Waals surface area (Å²) in [7, 11) is 0. The molecule has 0 bridgehead atoms. The van der Waals surface area contributed by atoms with Gasteiger partial charge in [0.05, 0.1) is 11.7 Å². The highest BCUT2D eigenvalue weighted by Crippen LogP contribution is 2.34. The molecule has 0 amide bonds. The van der Waals surface area contributed by atoms with Crippen LogP contribution in [-0.4, -0.2) is 45.9 Å². The Morgan fingerprint density at radius 1 is 1.20 bits per heavy atom. The summed E-state index contributed by atoms with van der Waals surface area (Å²) in [5.41, 5.74) is -0.503. The van der Waals surface area contributed by atoms with Crippen LogP contribution >= 0.6 is 0 Å². The molecule has 1 aliphatic carbocycles. The zero-order valence-electron chi connectivity index (χ0n) is 9.82. The van der Waals surface area contributed by atoms with E-state index in [0.29, 0.717) is 12.0 Å². The average molecular weight is 213 g/mol. The first kappa shape index (κ1) is 11.4. The zero-order valence-corrected chi connectivity index (χ0v) is 9.82. The Kier molecular flexibility index (Phi) is 3.06. The van der Waals surface area contributed by atoms with Crippen LogP contribution in [0.25, 0.3) is 0 Å². The van der Waals surface area contributed by atoms with E-state index in [9.17, 15) is 10.2 Å². The third-order valence-electron chi connectivity index (χ3n) is 4.19. The fraction of sp³-hybridized carbons (Fsp3) is 1.00. The molecule has 1 heterocycles. The Bertz CT molecular complexity index is 224. The summed E-state index contributed by atoms with van der Waals surface area (Å²) >= 11 is 0. The molecule has 2 unspecified atom stereocenters. The third kappa shape index (κ3) is 2.05. The molecule has 0 aromatic heterocycles. The number of rotatable bonds is 2. The second kappa shape index (κ2) is 4.04. The molecule has 2 N–H and O–H groups in total. The molecule has 3 heteroatoms. The molecular weight excluding hydrogens is 190 g/mol. The smallest absolute Gasteiger partial charge is 0.0923 e. The van der Waals surface area contributed by atoms with Crippen molar-refractivity contribution in [3.63, 3.8) is 0 Å². The molecule has 2 rings (SSSR count). The van der Waals surface area contributed by atoms with Gasteiger partial charge in [-0.1, -0.05) is 26.7 Å². The van der Waals surface area contributed by atoms with E-state index in [1.165, 1.54) is 6.42 Å². The Morgan fingerprint density at radius 2 is 1.80 bits per heavy atom. The van der Waals surface area contributed by atoms with E-state index in [-0.39, 0.29) is 6.10 Å². The molecule has 1 saturated heterocycles. The monoisotopic (exact) mass is 213 g/mol. The molecule has 0 aromatic rings. The predicted octanol–water partition coefficient (Wildman–Crippen LogP) is 0.993. The molecule has 88 valence electrons. The lowest BCUT2D eigenvalue weighted by atomic mass is 9.79. The van der Waals surface area contributed by atoms with E-state index in [1.807, 2.05) is 0 Å². The number of hydrogen-bond acceptors (Lipinski definition) is 3. The molecule has 0 aromatic carbocycles. The van der Waals surface area contributed by atoms with Crippen LogP contribution in [0.15, 0.2) is 0 Å². The maximum Gasteiger partial charge on any atom is 0.0923 e. The highest BCUT2D eigenvalue weighted by Gasteiger charge is 2.47. The van der Waals surface area contributed by atoms with E-state index in [4.69, 9.17) is 0 Å². The third-order valence-corrected chi connectivity index (χ3v) is 4.19. The van der Waals surface area contributed by atoms with Crippen LogP contribution in [0.2, 0.25) is 0 Å². The first-order valence-corrected chi connectivity index (χ1v) is 6.17. The summed E-state index contributed by atoms with van der Waals surface area (Å²) in [6.07, 6.45) is 4.23. The van der Waals surface area contributed by atoms with Gasteiger partial charge in [0.15, 0.2) is 0 Å². The minimum atomic E-state index is -0.503. The molecule has 0 radical (unpaired) electrons. The number of aliphatic hydroxyl groups is 2. The second-order valence-corrected chi connectivity index (χ2v) is 5.58. The molecular formula is C12H23NO2. The summed E-state index contributed by atoms with van der Waals surface area (Å²) in [5.74, 6) is 0.314. The zero-order chi connectivity index (χ0) is 11.1. The van der Waals surface area contributed by atoms with Crippen LogP contribution < -0.4 is 0 Å². The normalized spacial score (nSPS) is 36.6. The number of nitrogens with zero attached hydrogens (tertiary/aromatic N) is 1. The van der Waals surface area contributed by atoms with E-state index < -0.39 is 5.60 Å². The van der Waals surface area contributed by atoms with Crippen molar-refractivity contribution >= 4 is 0 Å². The van der Waals surface area contributed by atoms with Crippen LogP contribution in [0, 0.1) is 5.92 Å². The quantitative estimate of drug-likeness (QED) is 0.719. The van der Waals surface area contributed by atoms with E-state index >= 15 is 0 Å². The van der Waals surface area contributed by atoms with E-state index in [1.54, 1.807) is 0 Å². The van der Waals surface area contributed by atoms with Gasteiger partial charge in [0.25, 0.3) is 0 Å². The van der Waals surface area contributed by atoms with Gasteiger partial charge in [-0.3, -0.25) is 4.90 Å². The molecule has 2 fully saturated rings. The fourth-order valence-electron chi connectivity index (χ4n) is 2.77. The molecule has 3 nitrogen and oxygen atoms in total. The van der Waals surface area contributed by atoms with Crippen molar-refractivity contribution < 1.29 is 10.2 Å². The molecule has 0 spiro atoms. The summed E-state index contributed by atoms with van der Waals surface area (Å²) in [4.78, 5) is 2.25. The molecule has 1 saturated carbocycles. The van der Waals surface area contributed by atoms with Crippen LogP contribution in [0.1, 0.15) is 39.5 Å². The lowest BCUT2D eigenvalue weighted by Gasteiger charge is -2.54. The maximum atomic E-state index is 10.2. The highest BCUT2D eigenvalue weighted by molar-refractivity contribution is 5.01. The van der Waals surface area contributed by atoms with Crippen molar-refractivity contribution in [2.24, 2.45) is 5.92 Å². The van der Waals surface area contributed by atoms with Crippen LogP contribution in [0.3, 0.4) is 0 Å². The molecule has 2 aliphatic rings. The van der Waals surface area contributed by atoms with Gasteiger partial charge in [-0.05, 0) is 18.8 Å². The largest absolute Gasteiger partial charge is 0.391 e. The summed E-state index contributed by atoms with van der Waals surface area (Å²) < 4.78 is 0. The second-order valence-electron chi connectivity index (χ2n) is 5.58. The van der Waals surface area contributed by atoms with Gasteiger partial charge < -0.3 is 10.2 Å². The van der Waals surface area contributed by atoms with Gasteiger partial charge in [0, 0.05) is 19.1 Å². The number of β-amino-alcohol motifs (C(OH)–C–C–N with tert-alkyl or cyclic N) is 1. The van der Waals surface area contributed by atoms with Crippen LogP contribution in [0.4, 0.5) is 0 Å². The van der Waals surface area contributed by atoms with Gasteiger partial charge >= 0.3 is 0 Å². The predicted molar refractivity (Wildman–Crippen MR) is 59.6 cm³/mol. The average Bonchev–Trinajstić information content (AvgIpc) is 2.14. The van der Waals surface area contributed by atoms with Gasteiger partial charge in [0.1, 0.15) is 0 Å². The van der Waals surface area contributed by atoms with Crippen LogP contribution in [0.5, 0.6) is 0 Å². The van der Waals surface area contributed by atoms with E-state index in [0.717, 1.165) is 32.4 Å². The molecule has 15 heavy (non-hydrogen) atoms. The number of aliphatic hydroxyl groups excluding tert-OH is 1. The first-order valence-electron chi connectivity index (χ1n) is 6.17. The minimum absolute atomic E-state index is 0.171. The molecule has 2 atom stereocenters. The molecule has 1 aliphatic heterocycles. The first-order chi connectivity index (χ1) is 7.03. The van der Waals surface area contributed by atoms with Crippen molar-refractivity contribution in [1.82, 2.24) is 4.90 Å². The Labute approximate surface area is 92.1 Å². The van der Waals surface area contributed by atoms with Crippen molar-refractivity contribution in [3.05, 3.63) is 0 Å². The van der Waals surface area contributed by atoms with Crippen LogP contribution in [-0.2, 0) is 0 Å². The number of hydrogen-bond donors (Lipinski definition) is 2. The summed E-state index contributed by atoms with van der Waals surface area (Å²) in [6.45, 7) is 5.61. The summed E-state index contributed by atoms with van der Waals surface area (Å²) in [6, 6.07) is 0.303. The maximum absolute atomic E-state index is 10.2. The standard InChI is InChI=1S/C12H23NO2/c1-9(2)12(15)7-13(8-12)10-5-3-4-6-11(10)14/h9-11,14-15H,3-8H2,1-2H3. The van der Waals surface area contributed by atoms with Crippen molar-refractivity contribution in [3.8, 4) is 0 Å². The van der Waals surface area contributed by atoms with Gasteiger partial charge in [-0.25, -0.2) is 0 Å². The highest BCUT2D eigenvalue weighted by atomic mass is 16.3. The Hall–Kier alpha value is -0.120. The van der Waals surface area contributed by atoms with Gasteiger partial charge in [-0.2, -0.15) is 0 Å². The van der Waals surface area contributed by atoms with Gasteiger partial charge in [-0.15, -0.1) is 0 Å². The SMILES string of the molecule is CC(C)C1(O)CN(C2CCCCC2O)C1. The van der Waals surface area contributed by atoms with Crippen molar-refractivity contribution in [2.45, 2.75) is 57.3 Å². The lowest BCUT2D eigenvalue weighted by Crippen LogP contribution is -2.68. The topological polar surface area (TPSA) is 43.7 Å². The lowest BCUT2D eigenvalue weighted by molar-refractivity contribution is -0.160. The van der Waals surface area contributed by atoms with Crippen molar-refractivity contribution in [1.29, 1.82) is 0 Å². The Morgan fingerprint density at radius 3 is 2.33 bits per heavy atom. The number of likely N-dealkylation sites (tertiary alicyclic amines) is 1. The van der Waals surface area contributed by atoms with Gasteiger partial charge in [0.2, 0.25) is 0 Å². The fourth-order valence-corrected chi connectivity index (χ4v) is 2.77. The minimum Gasteiger partial charge on any atom is -0.391 e. The Balaban J connectivity index is 1.88. The van der Waals surface area contributed by atoms with Crippen molar-refractivity contribution in [2.75, 3.05) is 13.1 Å². The van der Waals surface area contributed by atoms with E-state index in [2.05, 4.69) is 18.7 Å². The summed E-state index contributed by atoms with van der Waals surface area (Å²) in [5, 5.41) is 20.0.